The fourth-order valence-corrected chi connectivity index (χ4v) is 3.93. The van der Waals surface area contributed by atoms with Crippen LogP contribution < -0.4 is 5.32 Å². The first-order valence-corrected chi connectivity index (χ1v) is 8.57. The normalized spacial score (nSPS) is 12.3. The minimum atomic E-state index is -3.47. The van der Waals surface area contributed by atoms with E-state index >= 15 is 0 Å². The molecule has 0 spiro atoms. The molecule has 0 aliphatic heterocycles. The van der Waals surface area contributed by atoms with Gasteiger partial charge in [0.25, 0.3) is 0 Å². The first-order chi connectivity index (χ1) is 9.32. The maximum atomic E-state index is 12.6. The Morgan fingerprint density at radius 2 is 2.00 bits per heavy atom. The van der Waals surface area contributed by atoms with E-state index < -0.39 is 10.0 Å². The molecule has 1 aromatic rings. The second-order valence-corrected chi connectivity index (χ2v) is 7.48. The number of sulfonamides is 1. The first-order valence-electron chi connectivity index (χ1n) is 6.76. The van der Waals surface area contributed by atoms with E-state index in [9.17, 15) is 8.42 Å². The number of hydrogen-bond donors (Lipinski definition) is 1. The Kier molecular flexibility index (Phi) is 6.45. The molecule has 1 N–H and O–H groups in total. The van der Waals surface area contributed by atoms with Gasteiger partial charge in [-0.3, -0.25) is 0 Å². The highest BCUT2D eigenvalue weighted by Gasteiger charge is 2.24. The van der Waals surface area contributed by atoms with E-state index in [4.69, 9.17) is 11.6 Å². The lowest BCUT2D eigenvalue weighted by Crippen LogP contribution is -2.34. The Labute approximate surface area is 127 Å². The summed E-state index contributed by atoms with van der Waals surface area (Å²) in [6.45, 7) is 7.42. The largest absolute Gasteiger partial charge is 0.316 e. The minimum Gasteiger partial charge on any atom is -0.316 e. The van der Waals surface area contributed by atoms with Crippen molar-refractivity contribution in [3.05, 3.63) is 28.8 Å². The van der Waals surface area contributed by atoms with Crippen molar-refractivity contribution in [3.8, 4) is 0 Å². The lowest BCUT2D eigenvalue weighted by atomic mass is 10.2. The molecule has 1 rings (SSSR count). The first kappa shape index (κ1) is 17.4. The van der Waals surface area contributed by atoms with Crippen LogP contribution in [0, 0.1) is 5.92 Å². The van der Waals surface area contributed by atoms with Crippen molar-refractivity contribution in [2.45, 2.75) is 32.2 Å². The molecule has 0 unspecified atom stereocenters. The molecule has 1 aromatic carbocycles. The highest BCUT2D eigenvalue weighted by atomic mass is 35.5. The Morgan fingerprint density at radius 1 is 1.35 bits per heavy atom. The van der Waals surface area contributed by atoms with Crippen LogP contribution in [0.25, 0.3) is 0 Å². The van der Waals surface area contributed by atoms with Crippen molar-refractivity contribution in [2.24, 2.45) is 5.92 Å². The van der Waals surface area contributed by atoms with E-state index in [1.807, 2.05) is 27.8 Å². The van der Waals surface area contributed by atoms with Crippen LogP contribution >= 0.6 is 11.6 Å². The smallest absolute Gasteiger partial charge is 0.243 e. The second-order valence-electron chi connectivity index (χ2n) is 5.13. The summed E-state index contributed by atoms with van der Waals surface area (Å²) in [5.74, 6) is 0.281. The summed E-state index contributed by atoms with van der Waals surface area (Å²) in [7, 11) is -1.65. The number of rotatable bonds is 7. The van der Waals surface area contributed by atoms with Gasteiger partial charge in [0, 0.05) is 24.7 Å². The van der Waals surface area contributed by atoms with Crippen molar-refractivity contribution >= 4 is 21.6 Å². The van der Waals surface area contributed by atoms with Gasteiger partial charge in [-0.2, -0.15) is 4.31 Å². The van der Waals surface area contributed by atoms with Gasteiger partial charge >= 0.3 is 0 Å². The third kappa shape index (κ3) is 4.19. The molecule has 0 fully saturated rings. The third-order valence-electron chi connectivity index (χ3n) is 2.95. The van der Waals surface area contributed by atoms with Gasteiger partial charge < -0.3 is 5.32 Å². The second kappa shape index (κ2) is 7.41. The number of nitrogens with zero attached hydrogens (tertiary/aromatic N) is 1. The van der Waals surface area contributed by atoms with E-state index in [1.54, 1.807) is 12.1 Å². The van der Waals surface area contributed by atoms with Crippen LogP contribution in [0.2, 0.25) is 5.02 Å². The number of nitrogens with one attached hydrogen (secondary N) is 1. The van der Waals surface area contributed by atoms with Gasteiger partial charge in [0.05, 0.1) is 4.90 Å². The summed E-state index contributed by atoms with van der Waals surface area (Å²) in [5.41, 5.74) is 0.889. The summed E-state index contributed by atoms with van der Waals surface area (Å²) < 4.78 is 26.6. The fourth-order valence-electron chi connectivity index (χ4n) is 1.98. The van der Waals surface area contributed by atoms with Crippen molar-refractivity contribution in [2.75, 3.05) is 20.1 Å². The van der Waals surface area contributed by atoms with Crippen LogP contribution in [-0.2, 0) is 16.6 Å². The highest BCUT2D eigenvalue weighted by Crippen LogP contribution is 2.23. The molecule has 114 valence electrons. The third-order valence-corrected chi connectivity index (χ3v) is 5.24. The Morgan fingerprint density at radius 3 is 2.45 bits per heavy atom. The van der Waals surface area contributed by atoms with Crippen molar-refractivity contribution in [1.82, 2.24) is 9.62 Å². The molecule has 20 heavy (non-hydrogen) atoms. The quantitative estimate of drug-likeness (QED) is 0.841. The van der Waals surface area contributed by atoms with Crippen molar-refractivity contribution < 1.29 is 8.42 Å². The maximum absolute atomic E-state index is 12.6. The van der Waals surface area contributed by atoms with Crippen LogP contribution in [0.3, 0.4) is 0 Å². The van der Waals surface area contributed by atoms with Gasteiger partial charge in [-0.25, -0.2) is 8.42 Å². The molecule has 0 aliphatic carbocycles. The van der Waals surface area contributed by atoms with Gasteiger partial charge in [-0.15, -0.1) is 0 Å². The summed E-state index contributed by atoms with van der Waals surface area (Å²) in [5, 5.41) is 3.47. The molecule has 0 heterocycles. The van der Waals surface area contributed by atoms with E-state index in [1.165, 1.54) is 10.4 Å². The molecule has 0 bridgehead atoms. The van der Waals surface area contributed by atoms with Gasteiger partial charge in [0.2, 0.25) is 10.0 Å². The zero-order valence-corrected chi connectivity index (χ0v) is 14.1. The average Bonchev–Trinajstić information content (AvgIpc) is 2.38. The average molecular weight is 319 g/mol. The van der Waals surface area contributed by atoms with Crippen LogP contribution in [0.4, 0.5) is 0 Å². The number of halogens is 1. The molecule has 0 aromatic heterocycles. The molecule has 0 saturated heterocycles. The van der Waals surface area contributed by atoms with Crippen LogP contribution in [0.5, 0.6) is 0 Å². The number of benzene rings is 1. The van der Waals surface area contributed by atoms with Gasteiger partial charge in [0.15, 0.2) is 0 Å². The topological polar surface area (TPSA) is 49.4 Å². The summed E-state index contributed by atoms with van der Waals surface area (Å²) in [6.07, 6.45) is 0. The van der Waals surface area contributed by atoms with Gasteiger partial charge in [0.1, 0.15) is 0 Å². The molecular weight excluding hydrogens is 296 g/mol. The van der Waals surface area contributed by atoms with Crippen LogP contribution in [0.15, 0.2) is 23.1 Å². The predicted molar refractivity (Wildman–Crippen MR) is 83.5 cm³/mol. The molecule has 0 amide bonds. The summed E-state index contributed by atoms with van der Waals surface area (Å²) in [4.78, 5) is 0.254. The molecular formula is C14H23ClN2O2S. The summed E-state index contributed by atoms with van der Waals surface area (Å²) >= 11 is 6.14. The molecule has 0 aliphatic rings. The van der Waals surface area contributed by atoms with E-state index in [-0.39, 0.29) is 10.8 Å². The van der Waals surface area contributed by atoms with Gasteiger partial charge in [-0.1, -0.05) is 38.4 Å². The van der Waals surface area contributed by atoms with Crippen LogP contribution in [-0.4, -0.2) is 32.9 Å². The Balaban J connectivity index is 3.11. The minimum absolute atomic E-state index is 0.254. The monoisotopic (exact) mass is 318 g/mol. The molecule has 6 heteroatoms. The van der Waals surface area contributed by atoms with Crippen LogP contribution in [0.1, 0.15) is 26.3 Å². The Hall–Kier alpha value is -0.620. The van der Waals surface area contributed by atoms with E-state index in [0.29, 0.717) is 24.7 Å². The Bertz CT molecular complexity index is 544. The SMILES string of the molecule is CCN(CC(C)C)S(=O)(=O)c1ccc(CNC)c(Cl)c1. The fraction of sp³-hybridized carbons (Fsp3) is 0.571. The zero-order valence-electron chi connectivity index (χ0n) is 12.5. The molecule has 4 nitrogen and oxygen atoms in total. The lowest BCUT2D eigenvalue weighted by Gasteiger charge is -2.22. The molecule has 0 atom stereocenters. The predicted octanol–water partition coefficient (Wildman–Crippen LogP) is 2.73. The molecule has 0 saturated carbocycles. The van der Waals surface area contributed by atoms with Crippen molar-refractivity contribution in [3.63, 3.8) is 0 Å². The summed E-state index contributed by atoms with van der Waals surface area (Å²) in [6, 6.07) is 4.92. The zero-order chi connectivity index (χ0) is 15.3. The standard InChI is InChI=1S/C14H23ClN2O2S/c1-5-17(10-11(2)3)20(18,19)13-7-6-12(9-16-4)14(15)8-13/h6-8,11,16H,5,9-10H2,1-4H3. The highest BCUT2D eigenvalue weighted by molar-refractivity contribution is 7.89. The maximum Gasteiger partial charge on any atom is 0.243 e. The molecule has 0 radical (unpaired) electrons. The van der Waals surface area contributed by atoms with E-state index in [2.05, 4.69) is 5.32 Å². The van der Waals surface area contributed by atoms with Crippen molar-refractivity contribution in [1.29, 1.82) is 0 Å². The van der Waals surface area contributed by atoms with E-state index in [0.717, 1.165) is 5.56 Å². The van der Waals surface area contributed by atoms with Gasteiger partial charge in [-0.05, 0) is 30.7 Å². The number of hydrogen-bond acceptors (Lipinski definition) is 3. The lowest BCUT2D eigenvalue weighted by molar-refractivity contribution is 0.381.